The van der Waals surface area contributed by atoms with E-state index in [0.717, 1.165) is 13.0 Å². The van der Waals surface area contributed by atoms with Crippen LogP contribution in [0.2, 0.25) is 0 Å². The fourth-order valence-electron chi connectivity index (χ4n) is 3.40. The molecule has 2 fully saturated rings. The Bertz CT molecular complexity index is 317. The second-order valence-electron chi connectivity index (χ2n) is 5.53. The Morgan fingerprint density at radius 3 is 2.75 bits per heavy atom. The van der Waals surface area contributed by atoms with Crippen LogP contribution in [0.25, 0.3) is 0 Å². The number of nitrogens with zero attached hydrogens (tertiary/aromatic N) is 1. The van der Waals surface area contributed by atoms with Gasteiger partial charge in [0.05, 0.1) is 5.60 Å². The van der Waals surface area contributed by atoms with Crippen LogP contribution in [0.3, 0.4) is 0 Å². The molecule has 0 aromatic heterocycles. The predicted molar refractivity (Wildman–Crippen MR) is 65.1 cm³/mol. The molecule has 3 unspecified atom stereocenters. The minimum absolute atomic E-state index is 0.382. The van der Waals surface area contributed by atoms with Gasteiger partial charge in [0.15, 0.2) is 0 Å². The SMILES string of the molecule is OC12C=CC=CC1CC2CN1CCCCC1. The van der Waals surface area contributed by atoms with Gasteiger partial charge in [0.25, 0.3) is 0 Å². The number of hydrogen-bond donors (Lipinski definition) is 1. The third-order valence-electron chi connectivity index (χ3n) is 4.53. The molecular weight excluding hydrogens is 198 g/mol. The first-order valence-electron chi connectivity index (χ1n) is 6.60. The van der Waals surface area contributed by atoms with E-state index in [-0.39, 0.29) is 0 Å². The van der Waals surface area contributed by atoms with Crippen LogP contribution < -0.4 is 0 Å². The number of hydrogen-bond acceptors (Lipinski definition) is 2. The van der Waals surface area contributed by atoms with Gasteiger partial charge in [-0.25, -0.2) is 0 Å². The molecule has 1 aliphatic heterocycles. The maximum atomic E-state index is 10.6. The Kier molecular flexibility index (Phi) is 2.64. The van der Waals surface area contributed by atoms with Crippen molar-refractivity contribution in [3.05, 3.63) is 24.3 Å². The van der Waals surface area contributed by atoms with Crippen molar-refractivity contribution in [3.8, 4) is 0 Å². The fourth-order valence-corrected chi connectivity index (χ4v) is 3.40. The summed E-state index contributed by atoms with van der Waals surface area (Å²) in [6, 6.07) is 0. The Hall–Kier alpha value is -0.600. The Labute approximate surface area is 97.6 Å². The van der Waals surface area contributed by atoms with Gasteiger partial charge in [0, 0.05) is 18.4 Å². The summed E-state index contributed by atoms with van der Waals surface area (Å²) in [4.78, 5) is 2.54. The molecule has 0 aromatic carbocycles. The van der Waals surface area contributed by atoms with Crippen LogP contribution in [0.1, 0.15) is 25.7 Å². The largest absolute Gasteiger partial charge is 0.385 e. The molecule has 0 aromatic rings. The van der Waals surface area contributed by atoms with E-state index in [1.165, 1.54) is 32.4 Å². The first-order chi connectivity index (χ1) is 7.79. The summed E-state index contributed by atoms with van der Waals surface area (Å²) in [7, 11) is 0. The lowest BCUT2D eigenvalue weighted by molar-refractivity contribution is -0.104. The molecule has 1 heterocycles. The number of fused-ring (bicyclic) bond motifs is 1. The van der Waals surface area contributed by atoms with Crippen molar-refractivity contribution in [2.45, 2.75) is 31.3 Å². The van der Waals surface area contributed by atoms with E-state index in [4.69, 9.17) is 0 Å². The van der Waals surface area contributed by atoms with Crippen LogP contribution in [0, 0.1) is 11.8 Å². The van der Waals surface area contributed by atoms with Gasteiger partial charge >= 0.3 is 0 Å². The van der Waals surface area contributed by atoms with Gasteiger partial charge in [0.2, 0.25) is 0 Å². The Morgan fingerprint density at radius 1 is 1.19 bits per heavy atom. The minimum Gasteiger partial charge on any atom is -0.385 e. The van der Waals surface area contributed by atoms with Crippen LogP contribution in [0.5, 0.6) is 0 Å². The summed E-state index contributed by atoms with van der Waals surface area (Å²) in [5.41, 5.74) is -0.522. The molecule has 0 bridgehead atoms. The predicted octanol–water partition coefficient (Wildman–Crippen LogP) is 1.97. The number of aliphatic hydroxyl groups is 1. The van der Waals surface area contributed by atoms with Crippen molar-refractivity contribution in [1.29, 1.82) is 0 Å². The maximum Gasteiger partial charge on any atom is 0.0933 e. The smallest absolute Gasteiger partial charge is 0.0933 e. The van der Waals surface area contributed by atoms with Crippen molar-refractivity contribution in [1.82, 2.24) is 4.90 Å². The summed E-state index contributed by atoms with van der Waals surface area (Å²) in [6.07, 6.45) is 13.5. The highest BCUT2D eigenvalue weighted by Crippen LogP contribution is 2.48. The van der Waals surface area contributed by atoms with E-state index in [0.29, 0.717) is 11.8 Å². The molecule has 0 amide bonds. The van der Waals surface area contributed by atoms with Crippen molar-refractivity contribution in [3.63, 3.8) is 0 Å². The molecule has 1 saturated carbocycles. The van der Waals surface area contributed by atoms with Gasteiger partial charge in [-0.3, -0.25) is 0 Å². The second-order valence-corrected chi connectivity index (χ2v) is 5.53. The third kappa shape index (κ3) is 1.64. The number of piperidine rings is 1. The van der Waals surface area contributed by atoms with E-state index < -0.39 is 5.60 Å². The maximum absolute atomic E-state index is 10.6. The third-order valence-corrected chi connectivity index (χ3v) is 4.53. The monoisotopic (exact) mass is 219 g/mol. The quantitative estimate of drug-likeness (QED) is 0.767. The fraction of sp³-hybridized carbons (Fsp3) is 0.714. The molecule has 2 heteroatoms. The van der Waals surface area contributed by atoms with Gasteiger partial charge in [-0.2, -0.15) is 0 Å². The lowest BCUT2D eigenvalue weighted by Gasteiger charge is -2.52. The van der Waals surface area contributed by atoms with Crippen LogP contribution >= 0.6 is 0 Å². The lowest BCUT2D eigenvalue weighted by atomic mass is 9.59. The zero-order chi connectivity index (χ0) is 11.0. The van der Waals surface area contributed by atoms with Gasteiger partial charge in [-0.05, 0) is 32.4 Å². The Balaban J connectivity index is 1.60. The molecule has 16 heavy (non-hydrogen) atoms. The molecular formula is C14H21NO. The van der Waals surface area contributed by atoms with Gasteiger partial charge in [-0.1, -0.05) is 30.7 Å². The molecule has 2 nitrogen and oxygen atoms in total. The topological polar surface area (TPSA) is 23.5 Å². The van der Waals surface area contributed by atoms with Crippen molar-refractivity contribution >= 4 is 0 Å². The molecule has 3 atom stereocenters. The normalized spacial score (nSPS) is 42.8. The summed E-state index contributed by atoms with van der Waals surface area (Å²) in [5, 5.41) is 10.6. The molecule has 2 aliphatic carbocycles. The number of likely N-dealkylation sites (tertiary alicyclic amines) is 1. The molecule has 1 saturated heterocycles. The van der Waals surface area contributed by atoms with Gasteiger partial charge in [-0.15, -0.1) is 0 Å². The van der Waals surface area contributed by atoms with Gasteiger partial charge < -0.3 is 10.0 Å². The summed E-state index contributed by atoms with van der Waals surface area (Å²) < 4.78 is 0. The Morgan fingerprint density at radius 2 is 2.00 bits per heavy atom. The summed E-state index contributed by atoms with van der Waals surface area (Å²) >= 11 is 0. The molecule has 0 radical (unpaired) electrons. The van der Waals surface area contributed by atoms with Crippen molar-refractivity contribution in [2.75, 3.05) is 19.6 Å². The number of allylic oxidation sites excluding steroid dienone is 2. The first-order valence-corrected chi connectivity index (χ1v) is 6.60. The van der Waals surface area contributed by atoms with Crippen LogP contribution in [0.4, 0.5) is 0 Å². The van der Waals surface area contributed by atoms with Crippen molar-refractivity contribution in [2.24, 2.45) is 11.8 Å². The van der Waals surface area contributed by atoms with Crippen molar-refractivity contribution < 1.29 is 5.11 Å². The summed E-state index contributed by atoms with van der Waals surface area (Å²) in [6.45, 7) is 3.55. The highest BCUT2D eigenvalue weighted by Gasteiger charge is 2.51. The van der Waals surface area contributed by atoms with E-state index >= 15 is 0 Å². The molecule has 88 valence electrons. The van der Waals surface area contributed by atoms with Gasteiger partial charge in [0.1, 0.15) is 0 Å². The standard InChI is InChI=1S/C14H21NO/c16-14-7-3-2-6-12(14)10-13(14)11-15-8-4-1-5-9-15/h2-3,6-7,12-13,16H,1,4-5,8-11H2. The molecule has 3 rings (SSSR count). The lowest BCUT2D eigenvalue weighted by Crippen LogP contribution is -2.58. The number of rotatable bonds is 2. The highest BCUT2D eigenvalue weighted by atomic mass is 16.3. The zero-order valence-electron chi connectivity index (χ0n) is 9.81. The van der Waals surface area contributed by atoms with Crippen LogP contribution in [-0.2, 0) is 0 Å². The highest BCUT2D eigenvalue weighted by molar-refractivity contribution is 5.28. The minimum atomic E-state index is -0.522. The summed E-state index contributed by atoms with van der Waals surface area (Å²) in [5.74, 6) is 0.837. The first kappa shape index (κ1) is 10.5. The molecule has 1 N–H and O–H groups in total. The average Bonchev–Trinajstić information content (AvgIpc) is 2.31. The molecule has 3 aliphatic rings. The van der Waals surface area contributed by atoms with E-state index in [9.17, 15) is 5.11 Å². The van der Waals surface area contributed by atoms with E-state index in [1.807, 2.05) is 12.2 Å². The second kappa shape index (κ2) is 4.01. The van der Waals surface area contributed by atoms with E-state index in [1.54, 1.807) is 0 Å². The van der Waals surface area contributed by atoms with Crippen LogP contribution in [0.15, 0.2) is 24.3 Å². The molecule has 0 spiro atoms. The van der Waals surface area contributed by atoms with Crippen LogP contribution in [-0.4, -0.2) is 35.2 Å². The zero-order valence-corrected chi connectivity index (χ0v) is 9.81. The van der Waals surface area contributed by atoms with E-state index in [2.05, 4.69) is 17.1 Å². The average molecular weight is 219 g/mol.